The van der Waals surface area contributed by atoms with E-state index in [1.54, 1.807) is 18.2 Å². The summed E-state index contributed by atoms with van der Waals surface area (Å²) in [4.78, 5) is 76.5. The Labute approximate surface area is 484 Å². The second kappa shape index (κ2) is 27.3. The average Bonchev–Trinajstić information content (AvgIpc) is 3.63. The van der Waals surface area contributed by atoms with Crippen molar-refractivity contribution in [2.24, 2.45) is 16.8 Å². The summed E-state index contributed by atoms with van der Waals surface area (Å²) in [7, 11) is 0. The van der Waals surface area contributed by atoms with E-state index in [2.05, 4.69) is 26.3 Å². The average molecular weight is 1020 g/mol. The van der Waals surface area contributed by atoms with E-state index in [9.17, 15) is 59.4 Å². The molecule has 0 bridgehead atoms. The molecule has 24 heteroatoms. The summed E-state index contributed by atoms with van der Waals surface area (Å²) < 4.78 is 16.9. The zero-order valence-corrected chi connectivity index (χ0v) is 44.6. The predicted molar refractivity (Wildman–Crippen MR) is 238 cm³/mol. The Kier molecular flexibility index (Phi) is 23.0. The van der Waals surface area contributed by atoms with Crippen LogP contribution in [-0.2, 0) is 28.7 Å². The summed E-state index contributed by atoms with van der Waals surface area (Å²) in [6.07, 6.45) is -2.59. The number of anilines is 1. The van der Waals surface area contributed by atoms with Gasteiger partial charge in [-0.3, -0.25) is 24.0 Å². The number of ketones is 1. The van der Waals surface area contributed by atoms with E-state index in [0.717, 1.165) is 0 Å². The topological polar surface area (TPSA) is 342 Å². The van der Waals surface area contributed by atoms with E-state index in [1.165, 1.54) is 48.5 Å². The maximum Gasteiger partial charge on any atom is 1.00 e. The number of nitrogens with zero attached hydrogens (tertiary/aromatic N) is 1. The van der Waals surface area contributed by atoms with Gasteiger partial charge in [0.2, 0.25) is 11.8 Å². The van der Waals surface area contributed by atoms with Crippen LogP contribution in [0.1, 0.15) is 42.5 Å². The van der Waals surface area contributed by atoms with Crippen molar-refractivity contribution in [1.29, 1.82) is 0 Å². The van der Waals surface area contributed by atoms with Crippen LogP contribution in [0.2, 0.25) is 0 Å². The monoisotopic (exact) mass is 1020 g/mol. The van der Waals surface area contributed by atoms with Gasteiger partial charge in [0.15, 0.2) is 16.8 Å². The van der Waals surface area contributed by atoms with Crippen molar-refractivity contribution in [3.63, 3.8) is 0 Å². The Hall–Kier alpha value is -3.55. The number of allylic oxidation sites excluding steroid dienone is 1. The van der Waals surface area contributed by atoms with Crippen LogP contribution in [0.5, 0.6) is 5.75 Å². The molecule has 21 nitrogen and oxygen atoms in total. The number of aliphatic carboxylic acids is 1. The molecule has 1 saturated heterocycles. The van der Waals surface area contributed by atoms with Crippen LogP contribution in [0.25, 0.3) is 33.4 Å². The summed E-state index contributed by atoms with van der Waals surface area (Å²) in [5.74, 6) is -5.24. The molecule has 2 heterocycles. The van der Waals surface area contributed by atoms with Gasteiger partial charge in [-0.05, 0) is 79.2 Å². The molecule has 1 saturated carbocycles. The molecule has 0 spiro atoms. The summed E-state index contributed by atoms with van der Waals surface area (Å²) in [6.45, 7) is -1.98. The van der Waals surface area contributed by atoms with Crippen LogP contribution in [0.4, 0.5) is 5.69 Å². The molecule has 0 aromatic heterocycles. The minimum Gasteiger partial charge on any atom is -0.872 e. The van der Waals surface area contributed by atoms with Crippen molar-refractivity contribution in [3.8, 4) is 28.2 Å². The first kappa shape index (κ1) is 58.0. The number of benzene rings is 3. The summed E-state index contributed by atoms with van der Waals surface area (Å²) in [6, 6.07) is 12.5. The number of carboxylic acid groups (broad SMARTS) is 2. The maximum absolute atomic E-state index is 12.5. The number of aliphatic hydroxyl groups is 3. The Morgan fingerprint density at radius 1 is 0.870 bits per heavy atom. The van der Waals surface area contributed by atoms with E-state index in [-0.39, 0.29) is 178 Å². The number of nitrogens with one attached hydrogen (secondary N) is 4. The molecule has 4 aliphatic rings. The molecule has 2 amide bonds. The number of aromatic carboxylic acids is 1. The Morgan fingerprint density at radius 2 is 1.58 bits per heavy atom. The number of Topliss-reactive ketones (excluding diaryl/α,β-unsaturated/α-hetero) is 1. The number of amides is 2. The fourth-order valence-electron chi connectivity index (χ4n) is 7.81. The number of rotatable bonds is 19. The third kappa shape index (κ3) is 16.0. The molecular weight excluding hydrogens is 977 g/mol. The van der Waals surface area contributed by atoms with Gasteiger partial charge in [0.05, 0.1) is 31.8 Å². The Balaban J connectivity index is 0.00000518. The van der Waals surface area contributed by atoms with Crippen molar-refractivity contribution >= 4 is 69.4 Å². The van der Waals surface area contributed by atoms with Gasteiger partial charge in [0, 0.05) is 53.6 Å². The molecule has 7 atom stereocenters. The number of ether oxygens (including phenoxy) is 2. The smallest absolute Gasteiger partial charge is 0.872 e. The SMILES string of the molecule is O=C(O)C[C@@H]1CCC(=O)[C@H]1C/C=C\CCO[C@@H]1O[C@H](CN=C([O-])CNC(=O)CNC(=O)CNC(=S)Nc2ccc(-c3c4ccc(=O)cc-4oc4cc([O-])ccc34)c(C(=O)O)c2)[C@H](O)[C@H](O)[C@H]1O.[K+].[K+]. The number of hydrogen-bond acceptors (Lipinski definition) is 16. The Bertz CT molecular complexity index is 2610. The van der Waals surface area contributed by atoms with Crippen molar-refractivity contribution in [2.45, 2.75) is 62.8 Å². The number of thiocarbonyl (C=S) groups is 1. The van der Waals surface area contributed by atoms with Crippen LogP contribution in [0.3, 0.4) is 0 Å². The predicted octanol–water partition coefficient (Wildman–Crippen LogP) is -6.15. The fourth-order valence-corrected chi connectivity index (χ4v) is 8.00. The number of aliphatic hydroxyl groups excluding tert-OH is 3. The van der Waals surface area contributed by atoms with Crippen LogP contribution in [0.15, 0.2) is 81.0 Å². The first-order valence-electron chi connectivity index (χ1n) is 21.0. The molecule has 6 rings (SSSR count). The summed E-state index contributed by atoms with van der Waals surface area (Å²) in [5.41, 5.74) is 1.01. The van der Waals surface area contributed by atoms with E-state index < -0.39 is 86.5 Å². The van der Waals surface area contributed by atoms with E-state index in [4.69, 9.17) is 31.2 Å². The third-order valence-corrected chi connectivity index (χ3v) is 11.4. The first-order chi connectivity index (χ1) is 32.0. The van der Waals surface area contributed by atoms with Gasteiger partial charge in [-0.2, -0.15) is 0 Å². The number of carbonyl (C=O) groups excluding carboxylic acids is 3. The number of fused-ring (bicyclic) bond motifs is 2. The van der Waals surface area contributed by atoms with Crippen LogP contribution >= 0.6 is 12.2 Å². The second-order valence-electron chi connectivity index (χ2n) is 15.8. The van der Waals surface area contributed by atoms with Gasteiger partial charge in [-0.15, -0.1) is 5.75 Å². The number of aliphatic imine (C=N–C) groups is 1. The van der Waals surface area contributed by atoms with Crippen molar-refractivity contribution in [3.05, 3.63) is 82.5 Å². The second-order valence-corrected chi connectivity index (χ2v) is 16.2. The molecule has 2 aromatic rings. The van der Waals surface area contributed by atoms with E-state index in [0.29, 0.717) is 42.2 Å². The van der Waals surface area contributed by atoms with Gasteiger partial charge in [-0.25, -0.2) is 4.79 Å². The molecule has 2 fully saturated rings. The molecule has 9 N–H and O–H groups in total. The molecule has 2 aliphatic heterocycles. The minimum atomic E-state index is -1.70. The zero-order chi connectivity index (χ0) is 48.4. The quantitative estimate of drug-likeness (QED) is 0.00803. The maximum atomic E-state index is 12.5. The van der Waals surface area contributed by atoms with Gasteiger partial charge in [0.1, 0.15) is 41.5 Å². The normalized spacial score (nSPS) is 21.3. The van der Waals surface area contributed by atoms with Crippen LogP contribution < -0.4 is 140 Å². The van der Waals surface area contributed by atoms with Crippen LogP contribution in [0, 0.1) is 11.8 Å². The minimum absolute atomic E-state index is 0. The molecule has 0 unspecified atom stereocenters. The van der Waals surface area contributed by atoms with Crippen molar-refractivity contribution < 1.29 is 176 Å². The largest absolute Gasteiger partial charge is 1.00 e. The number of carboxylic acids is 2. The molecule has 2 aromatic carbocycles. The van der Waals surface area contributed by atoms with Crippen molar-refractivity contribution in [1.82, 2.24) is 16.0 Å². The van der Waals surface area contributed by atoms with Crippen molar-refractivity contribution in [2.75, 3.05) is 38.1 Å². The molecule has 356 valence electrons. The fraction of sp³-hybridized carbons (Fsp3) is 0.378. The standard InChI is InChI=1S/C45H49N5O16S.2K/c51-24-7-10-28-32(16-24)65-33-17-25(52)8-11-29(33)39(28)27-9-6-23(15-30(27)43(62)63)50-45(67)49-21-37(56)48-20-36(55)47-19-35(54)46-18-34-40(59)41(60)42(61)44(66-34)64-13-3-1-2-4-26-22(14-38(57)58)5-12-31(26)53;;/h1-2,6-11,15-17,22,26,34,40-42,44,51,59-61H,3-5,12-14,18-21H2,(H,46,54)(H,47,55)(H,48,56)(H,57,58)(H,62,63)(H2,49,50,67);;/q;2*+1/p-2/b2-1-;;/t22-,26-,34+,40-,41-,42+,44+;;/m0../s1. The van der Waals surface area contributed by atoms with E-state index in [1.807, 2.05) is 0 Å². The third-order valence-electron chi connectivity index (χ3n) is 11.2. The molecule has 69 heavy (non-hydrogen) atoms. The molecule has 2 aliphatic carbocycles. The van der Waals surface area contributed by atoms with Gasteiger partial charge in [0.25, 0.3) is 0 Å². The van der Waals surface area contributed by atoms with Gasteiger partial charge in [-0.1, -0.05) is 30.4 Å². The zero-order valence-electron chi connectivity index (χ0n) is 37.5. The summed E-state index contributed by atoms with van der Waals surface area (Å²) >= 11 is 5.28. The Morgan fingerprint density at radius 3 is 2.30 bits per heavy atom. The first-order valence-corrected chi connectivity index (χ1v) is 21.4. The molecular formula is C45H47K2N5O16S. The summed E-state index contributed by atoms with van der Waals surface area (Å²) in [5, 5.41) is 85.4. The van der Waals surface area contributed by atoms with E-state index >= 15 is 0 Å². The molecule has 0 radical (unpaired) electrons. The number of hydrogen-bond donors (Lipinski definition) is 9. The van der Waals surface area contributed by atoms with Gasteiger partial charge < -0.3 is 75.9 Å². The van der Waals surface area contributed by atoms with Crippen LogP contribution in [-0.4, -0.2) is 130 Å². The number of carbonyl (C=O) groups is 5. The van der Waals surface area contributed by atoms with Gasteiger partial charge >= 0.3 is 115 Å².